The Bertz CT molecular complexity index is 671. The molecule has 0 saturated carbocycles. The summed E-state index contributed by atoms with van der Waals surface area (Å²) < 4.78 is 0. The van der Waals surface area contributed by atoms with E-state index in [1.165, 1.54) is 39.8 Å². The van der Waals surface area contributed by atoms with Crippen LogP contribution in [0.4, 0.5) is 0 Å². The van der Waals surface area contributed by atoms with Crippen LogP contribution in [0.25, 0.3) is 5.57 Å². The number of allylic oxidation sites excluding steroid dienone is 6. The van der Waals surface area contributed by atoms with Gasteiger partial charge in [0, 0.05) is 25.8 Å². The van der Waals surface area contributed by atoms with Crippen LogP contribution in [-0.2, 0) is 25.8 Å². The zero-order valence-corrected chi connectivity index (χ0v) is 19.9. The summed E-state index contributed by atoms with van der Waals surface area (Å²) in [6, 6.07) is 8.70. The van der Waals surface area contributed by atoms with Crippen molar-refractivity contribution in [3.63, 3.8) is 0 Å². The average molecular weight is 485 g/mol. The third-order valence-electron chi connectivity index (χ3n) is 5.33. The van der Waals surface area contributed by atoms with Gasteiger partial charge in [0.15, 0.2) is 0 Å². The van der Waals surface area contributed by atoms with Crippen LogP contribution in [-0.4, -0.2) is 0 Å². The van der Waals surface area contributed by atoms with Crippen LogP contribution in [0.5, 0.6) is 0 Å². The van der Waals surface area contributed by atoms with Gasteiger partial charge in [0.05, 0.1) is 0 Å². The van der Waals surface area contributed by atoms with Gasteiger partial charge < -0.3 is 0 Å². The Balaban J connectivity index is 0.000000238. The molecule has 0 aromatic heterocycles. The molecule has 0 bridgehead atoms. The smallest absolute Gasteiger partial charge is 0 e. The van der Waals surface area contributed by atoms with Crippen LogP contribution in [0.1, 0.15) is 78.4 Å². The Hall–Kier alpha value is -0.690. The monoisotopic (exact) mass is 486 g/mol. The molecule has 2 aliphatic rings. The van der Waals surface area contributed by atoms with Gasteiger partial charge in [-0.25, -0.2) is 11.1 Å². The van der Waals surface area contributed by atoms with E-state index in [0.29, 0.717) is 5.92 Å². The van der Waals surface area contributed by atoms with Crippen molar-refractivity contribution in [3.05, 3.63) is 64.3 Å². The predicted molar refractivity (Wildman–Crippen MR) is 101 cm³/mol. The molecule has 1 aromatic carbocycles. The first-order chi connectivity index (χ1) is 10.8. The van der Waals surface area contributed by atoms with E-state index in [1.807, 2.05) is 0 Å². The van der Waals surface area contributed by atoms with Crippen LogP contribution in [0.15, 0.2) is 41.0 Å². The molecular weight excluding hydrogens is 455 g/mol. The van der Waals surface area contributed by atoms with Crippen molar-refractivity contribution in [3.8, 4) is 0 Å². The standard InChI is InChI=1S/C13H15.C10H15.Hf/c1-3-10-9-11(4-2)13-8-6-5-7-12(10)13;1-7-6-10(4,5)9(3)8(7)2;/h5-8,10H,3-4H2,1-2H3;1-5H3;/q2*-1;. The molecule has 0 spiro atoms. The maximum absolute atomic E-state index is 3.57. The summed E-state index contributed by atoms with van der Waals surface area (Å²) in [6.07, 6.45) is 9.28. The van der Waals surface area contributed by atoms with Crippen LogP contribution in [0.3, 0.4) is 0 Å². The van der Waals surface area contributed by atoms with Crippen molar-refractivity contribution in [1.82, 2.24) is 0 Å². The predicted octanol–water partition coefficient (Wildman–Crippen LogP) is 6.90. The fourth-order valence-corrected chi connectivity index (χ4v) is 3.46. The second-order valence-electron chi connectivity index (χ2n) is 7.15. The summed E-state index contributed by atoms with van der Waals surface area (Å²) in [5.74, 6) is 0.547. The molecule has 0 saturated heterocycles. The molecule has 0 fully saturated rings. The SMILES string of the molecule is CC1=[C-]C(C)(C)C(C)=C1C.CCC1=[C-]C(CC)c2ccccc21.[Hf]. The molecule has 1 aromatic rings. The van der Waals surface area contributed by atoms with Crippen molar-refractivity contribution in [2.75, 3.05) is 0 Å². The van der Waals surface area contributed by atoms with E-state index in [9.17, 15) is 0 Å². The fraction of sp³-hybridized carbons (Fsp3) is 0.478. The largest absolute Gasteiger partial charge is 0.265 e. The van der Waals surface area contributed by atoms with Crippen LogP contribution in [0, 0.1) is 17.6 Å². The van der Waals surface area contributed by atoms with E-state index in [2.05, 4.69) is 84.9 Å². The average Bonchev–Trinajstić information content (AvgIpc) is 2.99. The first kappa shape index (κ1) is 21.4. The molecule has 0 aliphatic heterocycles. The van der Waals surface area contributed by atoms with Gasteiger partial charge in [0.1, 0.15) is 0 Å². The van der Waals surface area contributed by atoms with Gasteiger partial charge >= 0.3 is 0 Å². The molecule has 128 valence electrons. The molecule has 3 rings (SSSR count). The molecule has 1 unspecified atom stereocenters. The molecule has 0 N–H and O–H groups in total. The minimum atomic E-state index is 0. The quantitative estimate of drug-likeness (QED) is 0.316. The van der Waals surface area contributed by atoms with Gasteiger partial charge in [0.25, 0.3) is 0 Å². The molecular formula is C23H30Hf-2. The van der Waals surface area contributed by atoms with Crippen molar-refractivity contribution >= 4 is 5.57 Å². The van der Waals surface area contributed by atoms with Crippen LogP contribution >= 0.6 is 0 Å². The summed E-state index contributed by atoms with van der Waals surface area (Å²) in [7, 11) is 0. The van der Waals surface area contributed by atoms with Crippen molar-refractivity contribution < 1.29 is 25.8 Å². The molecule has 0 radical (unpaired) electrons. The molecule has 24 heavy (non-hydrogen) atoms. The first-order valence-corrected chi connectivity index (χ1v) is 8.83. The maximum Gasteiger partial charge on any atom is 0 e. The third-order valence-corrected chi connectivity index (χ3v) is 5.33. The first-order valence-electron chi connectivity index (χ1n) is 8.83. The Morgan fingerprint density at radius 1 is 1.04 bits per heavy atom. The minimum absolute atomic E-state index is 0. The van der Waals surface area contributed by atoms with Crippen molar-refractivity contribution in [2.45, 2.75) is 67.2 Å². The van der Waals surface area contributed by atoms with E-state index < -0.39 is 0 Å². The second kappa shape index (κ2) is 8.61. The van der Waals surface area contributed by atoms with Gasteiger partial charge in [-0.15, -0.1) is 18.6 Å². The molecule has 0 amide bonds. The zero-order chi connectivity index (χ0) is 17.2. The van der Waals surface area contributed by atoms with E-state index in [0.717, 1.165) is 6.42 Å². The number of benzene rings is 1. The van der Waals surface area contributed by atoms with E-state index in [1.54, 1.807) is 0 Å². The third kappa shape index (κ3) is 4.28. The molecule has 1 heteroatoms. The van der Waals surface area contributed by atoms with Crippen LogP contribution < -0.4 is 0 Å². The molecule has 0 nitrogen and oxygen atoms in total. The number of rotatable bonds is 2. The fourth-order valence-electron chi connectivity index (χ4n) is 3.46. The Labute approximate surface area is 167 Å². The Morgan fingerprint density at radius 3 is 2.08 bits per heavy atom. The van der Waals surface area contributed by atoms with E-state index in [-0.39, 0.29) is 31.3 Å². The van der Waals surface area contributed by atoms with E-state index in [4.69, 9.17) is 0 Å². The van der Waals surface area contributed by atoms with Gasteiger partial charge in [-0.2, -0.15) is 16.7 Å². The summed E-state index contributed by atoms with van der Waals surface area (Å²) in [6.45, 7) is 15.4. The summed E-state index contributed by atoms with van der Waals surface area (Å²) in [5.41, 5.74) is 8.70. The Kier molecular flexibility index (Phi) is 7.66. The summed E-state index contributed by atoms with van der Waals surface area (Å²) in [5, 5.41) is 0. The minimum Gasteiger partial charge on any atom is -0.265 e. The molecule has 2 aliphatic carbocycles. The zero-order valence-electron chi connectivity index (χ0n) is 16.3. The van der Waals surface area contributed by atoms with Gasteiger partial charge in [0.2, 0.25) is 0 Å². The number of hydrogen-bond donors (Lipinski definition) is 0. The molecule has 0 heterocycles. The Morgan fingerprint density at radius 2 is 1.67 bits per heavy atom. The molecule has 1 atom stereocenters. The van der Waals surface area contributed by atoms with Gasteiger partial charge in [-0.3, -0.25) is 12.2 Å². The summed E-state index contributed by atoms with van der Waals surface area (Å²) >= 11 is 0. The second-order valence-corrected chi connectivity index (χ2v) is 7.15. The van der Waals surface area contributed by atoms with Crippen molar-refractivity contribution in [1.29, 1.82) is 0 Å². The maximum atomic E-state index is 3.57. The van der Waals surface area contributed by atoms with Gasteiger partial charge in [-0.05, 0) is 0 Å². The van der Waals surface area contributed by atoms with Crippen molar-refractivity contribution in [2.24, 2.45) is 5.41 Å². The summed E-state index contributed by atoms with van der Waals surface area (Å²) in [4.78, 5) is 0. The topological polar surface area (TPSA) is 0 Å². The normalized spacial score (nSPS) is 20.5. The number of hydrogen-bond acceptors (Lipinski definition) is 0. The van der Waals surface area contributed by atoms with Gasteiger partial charge in [-0.1, -0.05) is 83.9 Å². The number of fused-ring (bicyclic) bond motifs is 1. The van der Waals surface area contributed by atoms with E-state index >= 15 is 0 Å². The van der Waals surface area contributed by atoms with Crippen LogP contribution in [0.2, 0.25) is 0 Å².